The van der Waals surface area contributed by atoms with Gasteiger partial charge in [-0.15, -0.1) is 0 Å². The standard InChI is InChI=1S/C14H21N3O.CHI3/c1-16-5-7-17(8-6-16)13-3-2-4-14-12(13)9-11(15)10-18-14;2-1(3)4/h2-4,11H,5-10,15H2,1H3;1H. The molecule has 1 atom stereocenters. The molecule has 1 saturated heterocycles. The lowest BCUT2D eigenvalue weighted by molar-refractivity contribution is 0.263. The maximum atomic E-state index is 6.02. The molecule has 0 spiro atoms. The second kappa shape index (κ2) is 9.42. The van der Waals surface area contributed by atoms with Crippen LogP contribution in [0.15, 0.2) is 18.2 Å². The van der Waals surface area contributed by atoms with Gasteiger partial charge in [0.05, 0.1) is 0 Å². The van der Waals surface area contributed by atoms with Crippen molar-refractivity contribution >= 4 is 73.5 Å². The van der Waals surface area contributed by atoms with Gasteiger partial charge in [0, 0.05) is 43.5 Å². The molecule has 0 saturated carbocycles. The van der Waals surface area contributed by atoms with Crippen molar-refractivity contribution in [1.82, 2.24) is 4.90 Å². The minimum Gasteiger partial charge on any atom is -0.492 e. The van der Waals surface area contributed by atoms with Gasteiger partial charge in [0.1, 0.15) is 12.3 Å². The smallest absolute Gasteiger partial charge is 0.124 e. The van der Waals surface area contributed by atoms with E-state index < -0.39 is 0 Å². The van der Waals surface area contributed by atoms with Gasteiger partial charge in [-0.25, -0.2) is 0 Å². The lowest BCUT2D eigenvalue weighted by Crippen LogP contribution is -2.45. The highest BCUT2D eigenvalue weighted by atomic mass is 127. The molecule has 0 aliphatic carbocycles. The zero-order chi connectivity index (χ0) is 16.1. The molecule has 1 fully saturated rings. The number of ether oxygens (including phenoxy) is 1. The quantitative estimate of drug-likeness (QED) is 0.378. The first-order chi connectivity index (χ1) is 10.5. The van der Waals surface area contributed by atoms with E-state index >= 15 is 0 Å². The molecule has 1 aromatic rings. The predicted octanol–water partition coefficient (Wildman–Crippen LogP) is 3.28. The maximum Gasteiger partial charge on any atom is 0.124 e. The van der Waals surface area contributed by atoms with E-state index in [-0.39, 0.29) is 6.04 Å². The van der Waals surface area contributed by atoms with Gasteiger partial charge in [0.2, 0.25) is 0 Å². The highest BCUT2D eigenvalue weighted by Crippen LogP contribution is 2.33. The zero-order valence-electron chi connectivity index (χ0n) is 12.6. The second-order valence-corrected chi connectivity index (χ2v) is 16.5. The molecule has 0 bridgehead atoms. The lowest BCUT2D eigenvalue weighted by Gasteiger charge is -2.36. The molecule has 4 nitrogen and oxygen atoms in total. The molecule has 2 aliphatic heterocycles. The number of fused-ring (bicyclic) bond motifs is 1. The van der Waals surface area contributed by atoms with Crippen LogP contribution in [0.4, 0.5) is 5.69 Å². The number of nitrogens with two attached hydrogens (primary N) is 1. The van der Waals surface area contributed by atoms with Gasteiger partial charge in [-0.05, 0) is 25.6 Å². The van der Waals surface area contributed by atoms with Gasteiger partial charge < -0.3 is 20.3 Å². The highest BCUT2D eigenvalue weighted by Gasteiger charge is 2.23. The van der Waals surface area contributed by atoms with E-state index in [0.717, 1.165) is 38.3 Å². The lowest BCUT2D eigenvalue weighted by atomic mass is 10.00. The molecular formula is C15H22I3N3O. The monoisotopic (exact) mass is 641 g/mol. The number of benzene rings is 1. The van der Waals surface area contributed by atoms with E-state index in [1.807, 2.05) is 0 Å². The average Bonchev–Trinajstić information content (AvgIpc) is 2.47. The van der Waals surface area contributed by atoms with E-state index in [1.165, 1.54) is 11.3 Å². The summed E-state index contributed by atoms with van der Waals surface area (Å²) in [4.78, 5) is 4.83. The fourth-order valence-corrected chi connectivity index (χ4v) is 2.76. The molecule has 0 radical (unpaired) electrons. The third kappa shape index (κ3) is 5.78. The predicted molar refractivity (Wildman–Crippen MR) is 119 cm³/mol. The molecule has 0 amide bonds. The highest BCUT2D eigenvalue weighted by molar-refractivity contribution is 14.3. The molecule has 7 heteroatoms. The minimum atomic E-state index is 0.131. The summed E-state index contributed by atoms with van der Waals surface area (Å²) < 4.78 is 6.47. The van der Waals surface area contributed by atoms with Crippen molar-refractivity contribution in [2.45, 2.75) is 12.4 Å². The van der Waals surface area contributed by atoms with Crippen molar-refractivity contribution in [2.75, 3.05) is 44.7 Å². The van der Waals surface area contributed by atoms with E-state index in [0.29, 0.717) is 6.61 Å². The van der Waals surface area contributed by atoms with Crippen LogP contribution in [0.25, 0.3) is 0 Å². The summed E-state index contributed by atoms with van der Waals surface area (Å²) >= 11 is 6.95. The Bertz CT molecular complexity index is 476. The van der Waals surface area contributed by atoms with Crippen LogP contribution in [0.3, 0.4) is 0 Å². The van der Waals surface area contributed by atoms with E-state index in [9.17, 15) is 0 Å². The Morgan fingerprint density at radius 2 is 1.82 bits per heavy atom. The Morgan fingerprint density at radius 3 is 2.45 bits per heavy atom. The van der Waals surface area contributed by atoms with Gasteiger partial charge >= 0.3 is 0 Å². The summed E-state index contributed by atoms with van der Waals surface area (Å²) in [6.45, 7) is 5.05. The van der Waals surface area contributed by atoms with E-state index in [1.54, 1.807) is 0 Å². The fraction of sp³-hybridized carbons (Fsp3) is 0.600. The molecule has 0 aromatic heterocycles. The van der Waals surface area contributed by atoms with Crippen LogP contribution in [-0.2, 0) is 6.42 Å². The number of hydrogen-bond donors (Lipinski definition) is 1. The van der Waals surface area contributed by atoms with Crippen LogP contribution < -0.4 is 15.4 Å². The summed E-state index contributed by atoms with van der Waals surface area (Å²) in [5.74, 6) is 1.02. The van der Waals surface area contributed by atoms with Gasteiger partial charge in [0.25, 0.3) is 0 Å². The normalized spacial score (nSPS) is 21.7. The Balaban J connectivity index is 0.000000396. The van der Waals surface area contributed by atoms with Crippen LogP contribution in [0.1, 0.15) is 5.56 Å². The van der Waals surface area contributed by atoms with Gasteiger partial charge in [-0.3, -0.25) is 0 Å². The number of likely N-dealkylation sites (N-methyl/N-ethyl adjacent to an activating group) is 1. The number of anilines is 1. The number of hydrogen-bond acceptors (Lipinski definition) is 4. The second-order valence-electron chi connectivity index (χ2n) is 5.57. The first kappa shape index (κ1) is 19.3. The number of halogens is 3. The van der Waals surface area contributed by atoms with Crippen LogP contribution in [0, 0.1) is 0 Å². The maximum absolute atomic E-state index is 6.02. The number of nitrogens with zero attached hydrogens (tertiary/aromatic N) is 2. The third-order valence-electron chi connectivity index (χ3n) is 3.87. The average molecular weight is 641 g/mol. The largest absolute Gasteiger partial charge is 0.492 e. The summed E-state index contributed by atoms with van der Waals surface area (Å²) in [7, 11) is 2.18. The van der Waals surface area contributed by atoms with Crippen molar-refractivity contribution in [1.29, 1.82) is 0 Å². The van der Waals surface area contributed by atoms with Crippen LogP contribution in [-0.4, -0.2) is 50.7 Å². The minimum absolute atomic E-state index is 0.131. The molecule has 124 valence electrons. The summed E-state index contributed by atoms with van der Waals surface area (Å²) in [5, 5.41) is 0. The Hall–Kier alpha value is 0.930. The Labute approximate surface area is 173 Å². The molecule has 2 aliphatic rings. The molecule has 3 rings (SSSR count). The number of rotatable bonds is 1. The SMILES string of the molecule is CN1CCN(c2cccc3c2CC(N)CO3)CC1.IC(I)I. The van der Waals surface area contributed by atoms with Crippen molar-refractivity contribution < 1.29 is 4.74 Å². The number of piperazine rings is 1. The first-order valence-corrected chi connectivity index (χ1v) is 11.1. The van der Waals surface area contributed by atoms with Crippen LogP contribution in [0.5, 0.6) is 5.75 Å². The molecule has 1 aromatic carbocycles. The molecule has 2 heterocycles. The first-order valence-electron chi connectivity index (χ1n) is 7.33. The van der Waals surface area contributed by atoms with Crippen LogP contribution in [0.2, 0.25) is 0 Å². The van der Waals surface area contributed by atoms with Gasteiger partial charge in [-0.1, -0.05) is 73.8 Å². The van der Waals surface area contributed by atoms with E-state index in [4.69, 9.17) is 10.5 Å². The number of alkyl halides is 3. The topological polar surface area (TPSA) is 41.7 Å². The van der Waals surface area contributed by atoms with Crippen molar-refractivity contribution in [2.24, 2.45) is 5.73 Å². The Kier molecular flexibility index (Phi) is 8.25. The van der Waals surface area contributed by atoms with E-state index in [2.05, 4.69) is 103 Å². The molecule has 2 N–H and O–H groups in total. The van der Waals surface area contributed by atoms with Crippen LogP contribution >= 0.6 is 67.8 Å². The van der Waals surface area contributed by atoms with Crippen molar-refractivity contribution in [3.63, 3.8) is 0 Å². The van der Waals surface area contributed by atoms with Crippen molar-refractivity contribution in [3.8, 4) is 5.75 Å². The third-order valence-corrected chi connectivity index (χ3v) is 3.87. The Morgan fingerprint density at radius 1 is 1.18 bits per heavy atom. The van der Waals surface area contributed by atoms with Gasteiger partial charge in [0.15, 0.2) is 0 Å². The molecular weight excluding hydrogens is 619 g/mol. The van der Waals surface area contributed by atoms with Gasteiger partial charge in [-0.2, -0.15) is 0 Å². The molecule has 22 heavy (non-hydrogen) atoms. The summed E-state index contributed by atoms with van der Waals surface area (Å²) in [6.07, 6.45) is 0.928. The summed E-state index contributed by atoms with van der Waals surface area (Å²) in [6, 6.07) is 6.47. The summed E-state index contributed by atoms with van der Waals surface area (Å²) in [5.41, 5.74) is 8.63. The molecule has 1 unspecified atom stereocenters. The fourth-order valence-electron chi connectivity index (χ4n) is 2.76. The zero-order valence-corrected chi connectivity index (χ0v) is 19.1. The van der Waals surface area contributed by atoms with Crippen molar-refractivity contribution in [3.05, 3.63) is 23.8 Å².